The fourth-order valence-electron chi connectivity index (χ4n) is 0.625. The molecular weight excluding hydrogens is 178 g/mol. The topological polar surface area (TPSA) is 42.2 Å². The van der Waals surface area contributed by atoms with E-state index in [4.69, 9.17) is 4.42 Å². The Hall–Kier alpha value is -1.22. The van der Waals surface area contributed by atoms with Crippen molar-refractivity contribution in [2.24, 2.45) is 0 Å². The van der Waals surface area contributed by atoms with Gasteiger partial charge < -0.3 is 9.73 Å². The summed E-state index contributed by atoms with van der Waals surface area (Å²) in [5.41, 5.74) is 0.883. The molecule has 1 aromatic rings. The van der Waals surface area contributed by atoms with Crippen LogP contribution in [0.15, 0.2) is 29.1 Å². The van der Waals surface area contributed by atoms with Crippen LogP contribution < -0.4 is 5.32 Å². The zero-order chi connectivity index (χ0) is 8.10. The summed E-state index contributed by atoms with van der Waals surface area (Å²) in [6, 6.07) is 1.78. The van der Waals surface area contributed by atoms with Gasteiger partial charge in [-0.05, 0) is 12.1 Å². The van der Waals surface area contributed by atoms with E-state index in [2.05, 4.69) is 5.32 Å². The highest BCUT2D eigenvalue weighted by Crippen LogP contribution is 2.01. The molecule has 1 amide bonds. The van der Waals surface area contributed by atoms with Gasteiger partial charge in [-0.1, -0.05) is 0 Å². The molecule has 0 aromatic carbocycles. The van der Waals surface area contributed by atoms with Crippen LogP contribution in [-0.2, 0) is 4.79 Å². The van der Waals surface area contributed by atoms with Crippen LogP contribution >= 0.6 is 12.4 Å². The second kappa shape index (κ2) is 5.43. The standard InChI is InChI=1S/C8H9NO2.ClH/c1-9-8(10)3-2-7-4-5-11-6-7;/h2-6H,1H3,(H,9,10);1H. The Kier molecular flexibility index (Phi) is 4.88. The number of likely N-dealkylation sites (N-methyl/N-ethyl adjacent to an activating group) is 1. The van der Waals surface area contributed by atoms with Gasteiger partial charge in [0.2, 0.25) is 5.91 Å². The van der Waals surface area contributed by atoms with Crippen molar-refractivity contribution in [3.8, 4) is 0 Å². The molecule has 0 aliphatic carbocycles. The van der Waals surface area contributed by atoms with E-state index in [1.54, 1.807) is 31.7 Å². The quantitative estimate of drug-likeness (QED) is 0.713. The van der Waals surface area contributed by atoms with Crippen molar-refractivity contribution in [2.75, 3.05) is 7.05 Å². The average molecular weight is 188 g/mol. The van der Waals surface area contributed by atoms with Crippen LogP contribution in [0.3, 0.4) is 0 Å². The monoisotopic (exact) mass is 187 g/mol. The van der Waals surface area contributed by atoms with E-state index in [0.717, 1.165) is 5.56 Å². The van der Waals surface area contributed by atoms with E-state index in [-0.39, 0.29) is 18.3 Å². The Morgan fingerprint density at radius 2 is 2.42 bits per heavy atom. The first kappa shape index (κ1) is 10.8. The average Bonchev–Trinajstić information content (AvgIpc) is 2.52. The van der Waals surface area contributed by atoms with Crippen LogP contribution in [0.4, 0.5) is 0 Å². The minimum atomic E-state index is -0.119. The van der Waals surface area contributed by atoms with Gasteiger partial charge >= 0.3 is 0 Å². The summed E-state index contributed by atoms with van der Waals surface area (Å²) in [7, 11) is 1.59. The summed E-state index contributed by atoms with van der Waals surface area (Å²) in [4.78, 5) is 10.7. The minimum Gasteiger partial charge on any atom is -0.472 e. The predicted molar refractivity (Wildman–Crippen MR) is 49.1 cm³/mol. The van der Waals surface area contributed by atoms with Crippen molar-refractivity contribution in [1.82, 2.24) is 5.32 Å². The van der Waals surface area contributed by atoms with Crippen LogP contribution in [0.5, 0.6) is 0 Å². The fraction of sp³-hybridized carbons (Fsp3) is 0.125. The molecule has 0 saturated heterocycles. The van der Waals surface area contributed by atoms with Crippen LogP contribution in [0.2, 0.25) is 0 Å². The molecule has 0 saturated carbocycles. The molecule has 66 valence electrons. The van der Waals surface area contributed by atoms with Crippen molar-refractivity contribution in [1.29, 1.82) is 0 Å². The molecule has 1 N–H and O–H groups in total. The first-order valence-corrected chi connectivity index (χ1v) is 3.25. The Morgan fingerprint density at radius 3 is 2.92 bits per heavy atom. The molecule has 0 unspecified atom stereocenters. The van der Waals surface area contributed by atoms with Crippen LogP contribution in [-0.4, -0.2) is 13.0 Å². The highest BCUT2D eigenvalue weighted by Gasteiger charge is 1.89. The Labute approximate surface area is 76.9 Å². The maximum absolute atomic E-state index is 10.7. The maximum Gasteiger partial charge on any atom is 0.243 e. The Balaban J connectivity index is 0.00000121. The lowest BCUT2D eigenvalue weighted by molar-refractivity contribution is -0.115. The molecule has 0 spiro atoms. The molecule has 0 bridgehead atoms. The predicted octanol–water partition coefficient (Wildman–Crippen LogP) is 1.46. The number of nitrogens with one attached hydrogen (secondary N) is 1. The number of halogens is 1. The van der Waals surface area contributed by atoms with Gasteiger partial charge in [0.15, 0.2) is 0 Å². The minimum absolute atomic E-state index is 0. The number of hydrogen-bond acceptors (Lipinski definition) is 2. The molecule has 1 heterocycles. The summed E-state index contributed by atoms with van der Waals surface area (Å²) < 4.78 is 4.80. The summed E-state index contributed by atoms with van der Waals surface area (Å²) in [6.07, 6.45) is 6.26. The second-order valence-corrected chi connectivity index (χ2v) is 2.00. The van der Waals surface area contributed by atoms with Crippen molar-refractivity contribution in [3.63, 3.8) is 0 Å². The van der Waals surface area contributed by atoms with Gasteiger partial charge in [-0.25, -0.2) is 0 Å². The molecule has 12 heavy (non-hydrogen) atoms. The molecule has 0 aliphatic rings. The van der Waals surface area contributed by atoms with Crippen LogP contribution in [0.25, 0.3) is 6.08 Å². The Bertz CT molecular complexity index is 254. The van der Waals surface area contributed by atoms with Crippen molar-refractivity contribution in [3.05, 3.63) is 30.2 Å². The van der Waals surface area contributed by atoms with Gasteiger partial charge in [-0.15, -0.1) is 12.4 Å². The molecule has 0 radical (unpaired) electrons. The largest absolute Gasteiger partial charge is 0.472 e. The summed E-state index contributed by atoms with van der Waals surface area (Å²) in [5, 5.41) is 2.47. The Morgan fingerprint density at radius 1 is 1.67 bits per heavy atom. The third-order valence-corrected chi connectivity index (χ3v) is 1.22. The smallest absolute Gasteiger partial charge is 0.243 e. The molecule has 0 atom stereocenters. The van der Waals surface area contributed by atoms with Gasteiger partial charge in [-0.2, -0.15) is 0 Å². The van der Waals surface area contributed by atoms with Crippen LogP contribution in [0.1, 0.15) is 5.56 Å². The van der Waals surface area contributed by atoms with Crippen LogP contribution in [0, 0.1) is 0 Å². The number of rotatable bonds is 2. The third-order valence-electron chi connectivity index (χ3n) is 1.22. The summed E-state index contributed by atoms with van der Waals surface area (Å²) in [5.74, 6) is -0.119. The number of hydrogen-bond donors (Lipinski definition) is 1. The molecule has 1 aromatic heterocycles. The lowest BCUT2D eigenvalue weighted by Gasteiger charge is -1.86. The molecule has 0 aliphatic heterocycles. The van der Waals surface area contributed by atoms with Gasteiger partial charge in [0, 0.05) is 18.7 Å². The number of furan rings is 1. The third kappa shape index (κ3) is 3.25. The molecule has 0 fully saturated rings. The second-order valence-electron chi connectivity index (χ2n) is 2.00. The molecular formula is C8H10ClNO2. The normalized spacial score (nSPS) is 9.42. The maximum atomic E-state index is 10.7. The molecule has 4 heteroatoms. The van der Waals surface area contributed by atoms with Crippen molar-refractivity contribution >= 4 is 24.4 Å². The van der Waals surface area contributed by atoms with E-state index >= 15 is 0 Å². The molecule has 1 rings (SSSR count). The zero-order valence-corrected chi connectivity index (χ0v) is 7.43. The van der Waals surface area contributed by atoms with E-state index in [9.17, 15) is 4.79 Å². The highest BCUT2D eigenvalue weighted by molar-refractivity contribution is 5.91. The van der Waals surface area contributed by atoms with E-state index in [1.165, 1.54) is 6.08 Å². The van der Waals surface area contributed by atoms with Gasteiger partial charge in [0.05, 0.1) is 12.5 Å². The number of carbonyl (C=O) groups excluding carboxylic acids is 1. The van der Waals surface area contributed by atoms with Crippen molar-refractivity contribution in [2.45, 2.75) is 0 Å². The van der Waals surface area contributed by atoms with E-state index in [1.807, 2.05) is 0 Å². The summed E-state index contributed by atoms with van der Waals surface area (Å²) >= 11 is 0. The van der Waals surface area contributed by atoms with Gasteiger partial charge in [-0.3, -0.25) is 4.79 Å². The molecule has 3 nitrogen and oxygen atoms in total. The lowest BCUT2D eigenvalue weighted by atomic mass is 10.3. The SMILES string of the molecule is CNC(=O)C=Cc1ccoc1.Cl. The van der Waals surface area contributed by atoms with E-state index in [0.29, 0.717) is 0 Å². The van der Waals surface area contributed by atoms with Crippen molar-refractivity contribution < 1.29 is 9.21 Å². The zero-order valence-electron chi connectivity index (χ0n) is 6.61. The highest BCUT2D eigenvalue weighted by atomic mass is 35.5. The fourth-order valence-corrected chi connectivity index (χ4v) is 0.625. The van der Waals surface area contributed by atoms with Gasteiger partial charge in [0.1, 0.15) is 0 Å². The first-order chi connectivity index (χ1) is 5.33. The van der Waals surface area contributed by atoms with Gasteiger partial charge in [0.25, 0.3) is 0 Å². The lowest BCUT2D eigenvalue weighted by Crippen LogP contribution is -2.13. The number of carbonyl (C=O) groups is 1. The number of amides is 1. The summed E-state index contributed by atoms with van der Waals surface area (Å²) in [6.45, 7) is 0. The first-order valence-electron chi connectivity index (χ1n) is 3.25. The van der Waals surface area contributed by atoms with E-state index < -0.39 is 0 Å².